The molecule has 0 amide bonds. The average Bonchev–Trinajstić information content (AvgIpc) is 2.90. The summed E-state index contributed by atoms with van der Waals surface area (Å²) in [6.07, 6.45) is 1.49. The normalized spacial score (nSPS) is 11.3. The highest BCUT2D eigenvalue weighted by atomic mass is 35.5. The van der Waals surface area contributed by atoms with Crippen LogP contribution in [0.5, 0.6) is 0 Å². The minimum absolute atomic E-state index is 0.0154. The summed E-state index contributed by atoms with van der Waals surface area (Å²) >= 11 is 5.86. The number of nitrogens with zero attached hydrogens (tertiary/aromatic N) is 2. The van der Waals surface area contributed by atoms with Gasteiger partial charge in [0, 0.05) is 12.1 Å². The third-order valence-corrected chi connectivity index (χ3v) is 2.36. The number of halogens is 1. The molecule has 0 aliphatic carbocycles. The zero-order valence-electron chi connectivity index (χ0n) is 9.04. The molecule has 0 radical (unpaired) electrons. The van der Waals surface area contributed by atoms with Crippen LogP contribution >= 0.6 is 11.6 Å². The Morgan fingerprint density at radius 2 is 2.06 bits per heavy atom. The lowest BCUT2D eigenvalue weighted by Crippen LogP contribution is -1.96. The molecule has 0 fully saturated rings. The Morgan fingerprint density at radius 3 is 2.61 bits per heavy atom. The summed E-state index contributed by atoms with van der Waals surface area (Å²) in [5, 5.41) is 14.5. The van der Waals surface area contributed by atoms with E-state index in [0.717, 1.165) is 0 Å². The van der Waals surface area contributed by atoms with Crippen LogP contribution in [0.4, 0.5) is 11.4 Å². The predicted octanol–water partition coefficient (Wildman–Crippen LogP) is 3.20. The second-order valence-electron chi connectivity index (χ2n) is 3.30. The molecular formula is C11H8ClN3O3. The van der Waals surface area contributed by atoms with Crippen LogP contribution in [0.3, 0.4) is 0 Å². The largest absolute Gasteiger partial charge is 0.462 e. The molecule has 0 spiro atoms. The molecular weight excluding hydrogens is 258 g/mol. The fourth-order valence-electron chi connectivity index (χ4n) is 1.22. The maximum atomic E-state index is 10.5. The first-order valence-corrected chi connectivity index (χ1v) is 5.32. The van der Waals surface area contributed by atoms with E-state index in [-0.39, 0.29) is 10.9 Å². The van der Waals surface area contributed by atoms with E-state index in [1.807, 2.05) is 0 Å². The highest BCUT2D eigenvalue weighted by Gasteiger charge is 2.04. The lowest BCUT2D eigenvalue weighted by atomic mass is 10.3. The quantitative estimate of drug-likeness (QED) is 0.523. The monoisotopic (exact) mass is 265 g/mol. The van der Waals surface area contributed by atoms with Gasteiger partial charge in [0.2, 0.25) is 0 Å². The number of nitro groups is 1. The number of nitrogens with one attached hydrogen (secondary N) is 1. The van der Waals surface area contributed by atoms with Crippen molar-refractivity contribution in [2.24, 2.45) is 5.10 Å². The van der Waals surface area contributed by atoms with Crippen LogP contribution in [-0.2, 0) is 0 Å². The van der Waals surface area contributed by atoms with E-state index in [9.17, 15) is 10.1 Å². The van der Waals surface area contributed by atoms with E-state index in [2.05, 4.69) is 10.5 Å². The van der Waals surface area contributed by atoms with Crippen LogP contribution in [0.1, 0.15) is 5.76 Å². The maximum absolute atomic E-state index is 10.5. The van der Waals surface area contributed by atoms with E-state index >= 15 is 0 Å². The zero-order valence-corrected chi connectivity index (χ0v) is 9.79. The topological polar surface area (TPSA) is 80.7 Å². The van der Waals surface area contributed by atoms with E-state index in [0.29, 0.717) is 11.4 Å². The molecule has 1 aromatic heterocycles. The molecule has 0 atom stereocenters. The first-order valence-electron chi connectivity index (χ1n) is 4.94. The van der Waals surface area contributed by atoms with Gasteiger partial charge in [-0.1, -0.05) is 11.6 Å². The molecule has 1 heterocycles. The van der Waals surface area contributed by atoms with E-state index in [4.69, 9.17) is 16.0 Å². The second kappa shape index (κ2) is 5.33. The van der Waals surface area contributed by atoms with Crippen molar-refractivity contribution in [2.75, 3.05) is 5.43 Å². The van der Waals surface area contributed by atoms with Crippen molar-refractivity contribution >= 4 is 28.1 Å². The van der Waals surface area contributed by atoms with Crippen LogP contribution in [0.25, 0.3) is 0 Å². The van der Waals surface area contributed by atoms with Crippen LogP contribution in [-0.4, -0.2) is 10.1 Å². The lowest BCUT2D eigenvalue weighted by molar-refractivity contribution is -0.384. The van der Waals surface area contributed by atoms with Crippen molar-refractivity contribution < 1.29 is 9.34 Å². The summed E-state index contributed by atoms with van der Waals surface area (Å²) in [6, 6.07) is 9.18. The van der Waals surface area contributed by atoms with Crippen molar-refractivity contribution in [3.05, 3.63) is 58.5 Å². The average molecular weight is 266 g/mol. The van der Waals surface area contributed by atoms with Crippen LogP contribution in [0.15, 0.2) is 52.2 Å². The zero-order chi connectivity index (χ0) is 13.0. The van der Waals surface area contributed by atoms with Crippen LogP contribution in [0, 0.1) is 10.1 Å². The number of benzene rings is 1. The highest BCUT2D eigenvalue weighted by Crippen LogP contribution is 2.15. The summed E-state index contributed by atoms with van der Waals surface area (Å²) in [7, 11) is 0. The van der Waals surface area contributed by atoms with Gasteiger partial charge in [-0.15, -0.1) is 0 Å². The molecule has 2 aromatic rings. The van der Waals surface area contributed by atoms with Crippen molar-refractivity contribution in [1.82, 2.24) is 0 Å². The van der Waals surface area contributed by atoms with Crippen molar-refractivity contribution in [2.45, 2.75) is 0 Å². The Balaban J connectivity index is 2.06. The standard InChI is InChI=1S/C11H8ClN3O3/c12-11(10-2-1-7-18-10)14-13-8-3-5-9(6-4-8)15(16)17/h1-7,13H. The van der Waals surface area contributed by atoms with Crippen LogP contribution < -0.4 is 5.43 Å². The Labute approximate surface area is 107 Å². The Kier molecular flexibility index (Phi) is 3.59. The first kappa shape index (κ1) is 12.1. The first-order chi connectivity index (χ1) is 8.66. The Morgan fingerprint density at radius 1 is 1.33 bits per heavy atom. The molecule has 18 heavy (non-hydrogen) atoms. The minimum atomic E-state index is -0.469. The van der Waals surface area contributed by atoms with Gasteiger partial charge in [0.25, 0.3) is 5.69 Å². The molecule has 0 aliphatic heterocycles. The van der Waals surface area contributed by atoms with E-state index in [1.54, 1.807) is 12.1 Å². The second-order valence-corrected chi connectivity index (χ2v) is 3.65. The van der Waals surface area contributed by atoms with Crippen molar-refractivity contribution in [3.8, 4) is 0 Å². The van der Waals surface area contributed by atoms with Gasteiger partial charge in [0.1, 0.15) is 0 Å². The van der Waals surface area contributed by atoms with Gasteiger partial charge in [0.05, 0.1) is 16.9 Å². The van der Waals surface area contributed by atoms with Crippen molar-refractivity contribution in [3.63, 3.8) is 0 Å². The number of furan rings is 1. The third-order valence-electron chi connectivity index (χ3n) is 2.09. The fraction of sp³-hybridized carbons (Fsp3) is 0. The number of nitro benzene ring substituents is 1. The van der Waals surface area contributed by atoms with Gasteiger partial charge in [-0.05, 0) is 24.3 Å². The molecule has 92 valence electrons. The summed E-state index contributed by atoms with van der Waals surface area (Å²) in [5.74, 6) is 0.436. The summed E-state index contributed by atoms with van der Waals surface area (Å²) in [5.41, 5.74) is 3.28. The molecule has 0 unspecified atom stereocenters. The smallest absolute Gasteiger partial charge is 0.269 e. The molecule has 0 aliphatic rings. The molecule has 1 N–H and O–H groups in total. The Hall–Kier alpha value is -2.34. The molecule has 1 aromatic carbocycles. The van der Waals surface area contributed by atoms with Gasteiger partial charge < -0.3 is 4.42 Å². The lowest BCUT2D eigenvalue weighted by Gasteiger charge is -2.00. The van der Waals surface area contributed by atoms with Gasteiger partial charge in [0.15, 0.2) is 10.9 Å². The molecule has 0 saturated heterocycles. The number of hydrazone groups is 1. The molecule has 0 bridgehead atoms. The number of anilines is 1. The summed E-state index contributed by atoms with van der Waals surface area (Å²) in [4.78, 5) is 9.99. The minimum Gasteiger partial charge on any atom is -0.462 e. The fourth-order valence-corrected chi connectivity index (χ4v) is 1.37. The molecule has 6 nitrogen and oxygen atoms in total. The van der Waals surface area contributed by atoms with Gasteiger partial charge in [-0.3, -0.25) is 15.5 Å². The Bertz CT molecular complexity index is 564. The van der Waals surface area contributed by atoms with Gasteiger partial charge >= 0.3 is 0 Å². The molecule has 0 saturated carbocycles. The number of rotatable bonds is 4. The van der Waals surface area contributed by atoms with Gasteiger partial charge in [-0.2, -0.15) is 5.10 Å². The molecule has 2 rings (SSSR count). The summed E-state index contributed by atoms with van der Waals surface area (Å²) in [6.45, 7) is 0. The predicted molar refractivity (Wildman–Crippen MR) is 67.8 cm³/mol. The summed E-state index contributed by atoms with van der Waals surface area (Å²) < 4.78 is 5.04. The highest BCUT2D eigenvalue weighted by molar-refractivity contribution is 6.69. The van der Waals surface area contributed by atoms with Gasteiger partial charge in [-0.25, -0.2) is 0 Å². The van der Waals surface area contributed by atoms with Crippen LogP contribution in [0.2, 0.25) is 0 Å². The third kappa shape index (κ3) is 2.86. The number of hydrogen-bond acceptors (Lipinski definition) is 5. The number of non-ortho nitro benzene ring substituents is 1. The van der Waals surface area contributed by atoms with E-state index < -0.39 is 4.92 Å². The SMILES string of the molecule is O=[N+]([O-])c1ccc(NN=C(Cl)c2ccco2)cc1. The van der Waals surface area contributed by atoms with E-state index in [1.165, 1.54) is 30.5 Å². The maximum Gasteiger partial charge on any atom is 0.269 e. The van der Waals surface area contributed by atoms with Crippen molar-refractivity contribution in [1.29, 1.82) is 0 Å². The molecule has 7 heteroatoms. The number of hydrogen-bond donors (Lipinski definition) is 1.